The average molecular weight is 294 g/mol. The third-order valence-electron chi connectivity index (χ3n) is 2.83. The van der Waals surface area contributed by atoms with Crippen LogP contribution < -0.4 is 10.6 Å². The molecule has 0 radical (unpaired) electrons. The average Bonchev–Trinajstić information content (AvgIpc) is 2.51. The van der Waals surface area contributed by atoms with Crippen molar-refractivity contribution in [1.82, 2.24) is 5.32 Å². The number of hydrogen-bond donors (Lipinski definition) is 2. The first-order chi connectivity index (χ1) is 10.2. The summed E-state index contributed by atoms with van der Waals surface area (Å²) < 4.78 is 9.52. The molecule has 0 spiro atoms. The summed E-state index contributed by atoms with van der Waals surface area (Å²) in [5.41, 5.74) is 1.36. The molecule has 0 aliphatic heterocycles. The Morgan fingerprint density at radius 2 is 1.81 bits per heavy atom. The molecule has 1 rings (SSSR count). The van der Waals surface area contributed by atoms with Gasteiger partial charge in [0.2, 0.25) is 5.91 Å². The highest BCUT2D eigenvalue weighted by atomic mass is 16.5. The van der Waals surface area contributed by atoms with Crippen molar-refractivity contribution >= 4 is 17.6 Å². The number of esters is 1. The van der Waals surface area contributed by atoms with E-state index in [0.717, 1.165) is 12.1 Å². The zero-order chi connectivity index (χ0) is 15.5. The number of carbonyl (C=O) groups excluding carboxylic acids is 2. The van der Waals surface area contributed by atoms with Crippen LogP contribution >= 0.6 is 0 Å². The van der Waals surface area contributed by atoms with Gasteiger partial charge in [-0.05, 0) is 30.7 Å². The van der Waals surface area contributed by atoms with Gasteiger partial charge in [0, 0.05) is 38.9 Å². The van der Waals surface area contributed by atoms with E-state index >= 15 is 0 Å². The fraction of sp³-hybridized carbons (Fsp3) is 0.467. The van der Waals surface area contributed by atoms with Crippen LogP contribution in [0.4, 0.5) is 5.69 Å². The predicted octanol–water partition coefficient (Wildman–Crippen LogP) is 1.43. The molecule has 1 aromatic rings. The van der Waals surface area contributed by atoms with Gasteiger partial charge in [-0.1, -0.05) is 0 Å². The summed E-state index contributed by atoms with van der Waals surface area (Å²) in [7, 11) is 2.98. The molecule has 0 heterocycles. The third kappa shape index (κ3) is 6.76. The van der Waals surface area contributed by atoms with Crippen LogP contribution in [0, 0.1) is 0 Å². The molecule has 2 N–H and O–H groups in total. The number of methoxy groups -OCH3 is 2. The Balaban J connectivity index is 2.23. The lowest BCUT2D eigenvalue weighted by atomic mass is 10.2. The molecule has 0 bridgehead atoms. The topological polar surface area (TPSA) is 76.7 Å². The summed E-state index contributed by atoms with van der Waals surface area (Å²) in [5, 5.41) is 5.94. The Labute approximate surface area is 124 Å². The molecule has 6 nitrogen and oxygen atoms in total. The third-order valence-corrected chi connectivity index (χ3v) is 2.83. The molecular formula is C15H22N2O4. The molecule has 0 saturated carbocycles. The maximum atomic E-state index is 11.5. The molecule has 6 heteroatoms. The van der Waals surface area contributed by atoms with E-state index in [4.69, 9.17) is 4.74 Å². The Hall–Kier alpha value is -2.08. The number of hydrogen-bond acceptors (Lipinski definition) is 5. The molecule has 0 saturated heterocycles. The summed E-state index contributed by atoms with van der Waals surface area (Å²) in [6.45, 7) is 1.80. The number of anilines is 1. The minimum Gasteiger partial charge on any atom is -0.465 e. The van der Waals surface area contributed by atoms with Crippen LogP contribution in [0.15, 0.2) is 24.3 Å². The summed E-state index contributed by atoms with van der Waals surface area (Å²) >= 11 is 0. The van der Waals surface area contributed by atoms with Crippen LogP contribution in [0.3, 0.4) is 0 Å². The van der Waals surface area contributed by atoms with E-state index in [0.29, 0.717) is 31.7 Å². The van der Waals surface area contributed by atoms with Crippen LogP contribution in [0.25, 0.3) is 0 Å². The highest BCUT2D eigenvalue weighted by Gasteiger charge is 2.04. The Morgan fingerprint density at radius 1 is 1.10 bits per heavy atom. The van der Waals surface area contributed by atoms with Gasteiger partial charge in [-0.15, -0.1) is 0 Å². The van der Waals surface area contributed by atoms with E-state index < -0.39 is 0 Å². The van der Waals surface area contributed by atoms with E-state index in [9.17, 15) is 9.59 Å². The van der Waals surface area contributed by atoms with Crippen LogP contribution in [0.2, 0.25) is 0 Å². The molecule has 1 amide bonds. The summed E-state index contributed by atoms with van der Waals surface area (Å²) in [6, 6.07) is 6.92. The van der Waals surface area contributed by atoms with Crippen molar-refractivity contribution in [2.45, 2.75) is 12.8 Å². The van der Waals surface area contributed by atoms with Gasteiger partial charge in [0.15, 0.2) is 0 Å². The van der Waals surface area contributed by atoms with Crippen molar-refractivity contribution in [3.63, 3.8) is 0 Å². The van der Waals surface area contributed by atoms with Gasteiger partial charge in [-0.3, -0.25) is 4.79 Å². The molecule has 0 aromatic heterocycles. The number of amides is 1. The number of carbonyl (C=O) groups is 2. The van der Waals surface area contributed by atoms with Crippen LogP contribution in [-0.4, -0.2) is 45.8 Å². The Kier molecular flexibility index (Phi) is 7.89. The largest absolute Gasteiger partial charge is 0.465 e. The molecule has 0 aliphatic carbocycles. The minimum atomic E-state index is -0.364. The van der Waals surface area contributed by atoms with Crippen molar-refractivity contribution in [3.8, 4) is 0 Å². The zero-order valence-corrected chi connectivity index (χ0v) is 12.5. The second kappa shape index (κ2) is 9.77. The number of nitrogens with one attached hydrogen (secondary N) is 2. The predicted molar refractivity (Wildman–Crippen MR) is 80.4 cm³/mol. The van der Waals surface area contributed by atoms with E-state index in [1.807, 2.05) is 0 Å². The molecule has 21 heavy (non-hydrogen) atoms. The standard InChI is InChI=1S/C15H22N2O4/c1-20-11-3-9-17-14(18)8-10-16-13-6-4-12(5-7-13)15(19)21-2/h4-7,16H,3,8-11H2,1-2H3,(H,17,18). The second-order valence-electron chi connectivity index (χ2n) is 4.44. The molecule has 0 unspecified atom stereocenters. The van der Waals surface area contributed by atoms with Gasteiger partial charge < -0.3 is 20.1 Å². The number of benzene rings is 1. The first-order valence-corrected chi connectivity index (χ1v) is 6.85. The summed E-state index contributed by atoms with van der Waals surface area (Å²) in [4.78, 5) is 22.8. The Bertz CT molecular complexity index is 445. The fourth-order valence-electron chi connectivity index (χ4n) is 1.70. The molecule has 0 aliphatic rings. The maximum Gasteiger partial charge on any atom is 0.337 e. The summed E-state index contributed by atoms with van der Waals surface area (Å²) in [5.74, 6) is -0.359. The van der Waals surface area contributed by atoms with Crippen molar-refractivity contribution in [1.29, 1.82) is 0 Å². The zero-order valence-electron chi connectivity index (χ0n) is 12.5. The number of rotatable bonds is 9. The van der Waals surface area contributed by atoms with E-state index in [1.165, 1.54) is 7.11 Å². The minimum absolute atomic E-state index is 0.00443. The molecule has 0 fully saturated rings. The lowest BCUT2D eigenvalue weighted by molar-refractivity contribution is -0.120. The number of ether oxygens (including phenoxy) is 2. The van der Waals surface area contributed by atoms with Crippen LogP contribution in [-0.2, 0) is 14.3 Å². The fourth-order valence-corrected chi connectivity index (χ4v) is 1.70. The normalized spacial score (nSPS) is 10.0. The Morgan fingerprint density at radius 3 is 2.43 bits per heavy atom. The quantitative estimate of drug-likeness (QED) is 0.532. The first kappa shape index (κ1) is 17.0. The second-order valence-corrected chi connectivity index (χ2v) is 4.44. The van der Waals surface area contributed by atoms with Crippen molar-refractivity contribution in [3.05, 3.63) is 29.8 Å². The van der Waals surface area contributed by atoms with Crippen molar-refractivity contribution in [2.24, 2.45) is 0 Å². The molecule has 116 valence electrons. The van der Waals surface area contributed by atoms with Gasteiger partial charge in [0.1, 0.15) is 0 Å². The van der Waals surface area contributed by atoms with Gasteiger partial charge in [0.05, 0.1) is 12.7 Å². The monoisotopic (exact) mass is 294 g/mol. The molecule has 1 aromatic carbocycles. The van der Waals surface area contributed by atoms with Gasteiger partial charge in [-0.25, -0.2) is 4.79 Å². The van der Waals surface area contributed by atoms with E-state index in [-0.39, 0.29) is 11.9 Å². The highest BCUT2D eigenvalue weighted by molar-refractivity contribution is 5.89. The maximum absolute atomic E-state index is 11.5. The van der Waals surface area contributed by atoms with Crippen LogP contribution in [0.5, 0.6) is 0 Å². The van der Waals surface area contributed by atoms with Crippen LogP contribution in [0.1, 0.15) is 23.2 Å². The van der Waals surface area contributed by atoms with Crippen molar-refractivity contribution < 1.29 is 19.1 Å². The SMILES string of the molecule is COCCCNC(=O)CCNc1ccc(C(=O)OC)cc1. The molecule has 0 atom stereocenters. The lowest BCUT2D eigenvalue weighted by Crippen LogP contribution is -2.26. The van der Waals surface area contributed by atoms with Gasteiger partial charge in [0.25, 0.3) is 0 Å². The van der Waals surface area contributed by atoms with Gasteiger partial charge in [-0.2, -0.15) is 0 Å². The molecular weight excluding hydrogens is 272 g/mol. The lowest BCUT2D eigenvalue weighted by Gasteiger charge is -2.08. The van der Waals surface area contributed by atoms with E-state index in [2.05, 4.69) is 15.4 Å². The van der Waals surface area contributed by atoms with E-state index in [1.54, 1.807) is 31.4 Å². The van der Waals surface area contributed by atoms with Gasteiger partial charge >= 0.3 is 5.97 Å². The highest BCUT2D eigenvalue weighted by Crippen LogP contribution is 2.10. The first-order valence-electron chi connectivity index (χ1n) is 6.85. The smallest absolute Gasteiger partial charge is 0.337 e. The summed E-state index contributed by atoms with van der Waals surface area (Å²) in [6.07, 6.45) is 1.20. The van der Waals surface area contributed by atoms with Crippen molar-refractivity contribution in [2.75, 3.05) is 39.2 Å².